The van der Waals surface area contributed by atoms with Crippen LogP contribution < -0.4 is 5.32 Å². The summed E-state index contributed by atoms with van der Waals surface area (Å²) in [6.45, 7) is 0. The quantitative estimate of drug-likeness (QED) is 0.431. The Morgan fingerprint density at radius 1 is 1.82 bits per heavy atom. The molecule has 1 aliphatic rings. The Bertz CT molecular complexity index is 259. The van der Waals surface area contributed by atoms with Crippen LogP contribution in [0.4, 0.5) is 0 Å². The molecule has 0 unspecified atom stereocenters. The first-order chi connectivity index (χ1) is 5.34. The molecule has 1 N–H and O–H groups in total. The molecule has 0 atom stereocenters. The van der Waals surface area contributed by atoms with Crippen molar-refractivity contribution in [1.29, 1.82) is 5.26 Å². The lowest BCUT2D eigenvalue weighted by Crippen LogP contribution is -2.20. The van der Waals surface area contributed by atoms with Gasteiger partial charge in [-0.05, 0) is 12.8 Å². The first-order valence-electron chi connectivity index (χ1n) is 3.24. The molecule has 56 valence electrons. The number of rotatable bonds is 1. The van der Waals surface area contributed by atoms with E-state index in [0.717, 1.165) is 6.42 Å². The van der Waals surface area contributed by atoms with Crippen LogP contribution in [0, 0.1) is 11.5 Å². The third kappa shape index (κ3) is 1.90. The number of carbonyl (C=O) groups excluding carboxylic acids is 1. The van der Waals surface area contributed by atoms with Gasteiger partial charge in [-0.2, -0.15) is 5.26 Å². The van der Waals surface area contributed by atoms with Crippen LogP contribution in [0.25, 0.3) is 0 Å². The second-order valence-electron chi connectivity index (χ2n) is 2.09. The van der Waals surface area contributed by atoms with E-state index in [-0.39, 0.29) is 5.91 Å². The minimum absolute atomic E-state index is 0.343. The van der Waals surface area contributed by atoms with Gasteiger partial charge in [0.2, 0.25) is 0 Å². The molecule has 0 aromatic heterocycles. The van der Waals surface area contributed by atoms with Gasteiger partial charge in [-0.3, -0.25) is 15.1 Å². The van der Waals surface area contributed by atoms with Crippen LogP contribution in [0.2, 0.25) is 0 Å². The van der Waals surface area contributed by atoms with Gasteiger partial charge < -0.3 is 0 Å². The number of aliphatic imine (C=N–C) groups is 1. The third-order valence-electron chi connectivity index (χ3n) is 1.34. The lowest BCUT2D eigenvalue weighted by molar-refractivity contribution is -0.116. The molecule has 0 radical (unpaired) electrons. The van der Waals surface area contributed by atoms with E-state index in [9.17, 15) is 4.79 Å². The number of nitrogens with one attached hydrogen (secondary N) is 1. The summed E-state index contributed by atoms with van der Waals surface area (Å²) in [5.74, 6) is -0.343. The summed E-state index contributed by atoms with van der Waals surface area (Å²) >= 11 is 0. The topological polar surface area (TPSA) is 65.2 Å². The number of carbonyl (C=O) groups is 1. The molecule has 0 aromatic carbocycles. The summed E-state index contributed by atoms with van der Waals surface area (Å²) in [6, 6.07) is 0. The van der Waals surface area contributed by atoms with E-state index in [2.05, 4.69) is 4.99 Å². The molecule has 1 heterocycles. The van der Waals surface area contributed by atoms with E-state index in [1.54, 1.807) is 12.4 Å². The Hall–Kier alpha value is -1.63. The summed E-state index contributed by atoms with van der Waals surface area (Å²) < 4.78 is 0. The van der Waals surface area contributed by atoms with Gasteiger partial charge in [-0.25, -0.2) is 0 Å². The van der Waals surface area contributed by atoms with E-state index in [0.29, 0.717) is 12.0 Å². The van der Waals surface area contributed by atoms with Crippen LogP contribution in [0.15, 0.2) is 16.8 Å². The molecule has 0 aliphatic carbocycles. The molecular weight excluding hydrogens is 142 g/mol. The Morgan fingerprint density at radius 3 is 3.18 bits per heavy atom. The fourth-order valence-electron chi connectivity index (χ4n) is 0.805. The first-order valence-corrected chi connectivity index (χ1v) is 3.24. The van der Waals surface area contributed by atoms with Gasteiger partial charge in [-0.15, -0.1) is 0 Å². The summed E-state index contributed by atoms with van der Waals surface area (Å²) in [4.78, 5) is 14.7. The first kappa shape index (κ1) is 7.48. The molecule has 1 aliphatic heterocycles. The van der Waals surface area contributed by atoms with Gasteiger partial charge in [-0.1, -0.05) is 0 Å². The Labute approximate surface area is 64.2 Å². The minimum Gasteiger partial charge on any atom is -0.269 e. The van der Waals surface area contributed by atoms with Crippen molar-refractivity contribution in [3.63, 3.8) is 0 Å². The maximum Gasteiger partial charge on any atom is 0.261 e. The van der Waals surface area contributed by atoms with Crippen LogP contribution in [0.3, 0.4) is 0 Å². The monoisotopic (exact) mass is 149 g/mol. The number of hydrogen-bond donors (Lipinski definition) is 1. The maximum absolute atomic E-state index is 10.9. The van der Waals surface area contributed by atoms with Crippen molar-refractivity contribution >= 4 is 12.1 Å². The van der Waals surface area contributed by atoms with Crippen molar-refractivity contribution in [2.24, 2.45) is 4.99 Å². The van der Waals surface area contributed by atoms with Crippen molar-refractivity contribution < 1.29 is 4.79 Å². The third-order valence-corrected chi connectivity index (χ3v) is 1.34. The van der Waals surface area contributed by atoms with E-state index in [1.807, 2.05) is 5.32 Å². The predicted octanol–water partition coefficient (Wildman–Crippen LogP) is 0.332. The van der Waals surface area contributed by atoms with Gasteiger partial charge >= 0.3 is 0 Å². The van der Waals surface area contributed by atoms with Crippen LogP contribution in [-0.4, -0.2) is 12.1 Å². The van der Waals surface area contributed by atoms with Gasteiger partial charge in [0.05, 0.1) is 0 Å². The summed E-state index contributed by atoms with van der Waals surface area (Å²) in [5, 5.41) is 10.2. The number of nitrogens with zero attached hydrogens (tertiary/aromatic N) is 2. The van der Waals surface area contributed by atoms with Crippen molar-refractivity contribution in [2.75, 3.05) is 0 Å². The van der Waals surface area contributed by atoms with Crippen LogP contribution >= 0.6 is 0 Å². The minimum atomic E-state index is -0.343. The molecule has 0 aromatic rings. The zero-order valence-corrected chi connectivity index (χ0v) is 5.87. The highest BCUT2D eigenvalue weighted by molar-refractivity contribution is 5.95. The SMILES string of the molecule is N#CNC(=O)C1=CN=CCC1. The molecule has 1 amide bonds. The summed E-state index contributed by atoms with van der Waals surface area (Å²) in [5.41, 5.74) is 0.564. The maximum atomic E-state index is 10.9. The van der Waals surface area contributed by atoms with E-state index < -0.39 is 0 Å². The summed E-state index contributed by atoms with van der Waals surface area (Å²) in [7, 11) is 0. The van der Waals surface area contributed by atoms with E-state index in [1.165, 1.54) is 6.20 Å². The highest BCUT2D eigenvalue weighted by Crippen LogP contribution is 2.07. The highest BCUT2D eigenvalue weighted by Gasteiger charge is 2.08. The molecular formula is C7H7N3O. The van der Waals surface area contributed by atoms with Gasteiger partial charge in [0.1, 0.15) is 0 Å². The van der Waals surface area contributed by atoms with Crippen molar-refractivity contribution in [1.82, 2.24) is 5.32 Å². The van der Waals surface area contributed by atoms with Gasteiger partial charge in [0.25, 0.3) is 5.91 Å². The second-order valence-corrected chi connectivity index (χ2v) is 2.09. The summed E-state index contributed by atoms with van der Waals surface area (Å²) in [6.07, 6.45) is 6.23. The molecule has 0 fully saturated rings. The predicted molar refractivity (Wildman–Crippen MR) is 39.6 cm³/mol. The molecule has 4 heteroatoms. The van der Waals surface area contributed by atoms with Crippen LogP contribution in [0.5, 0.6) is 0 Å². The lowest BCUT2D eigenvalue weighted by atomic mass is 10.1. The van der Waals surface area contributed by atoms with Crippen molar-refractivity contribution in [3.8, 4) is 6.19 Å². The van der Waals surface area contributed by atoms with Crippen molar-refractivity contribution in [2.45, 2.75) is 12.8 Å². The second kappa shape index (κ2) is 3.52. The molecule has 0 saturated carbocycles. The smallest absolute Gasteiger partial charge is 0.261 e. The highest BCUT2D eigenvalue weighted by atomic mass is 16.1. The Balaban J connectivity index is 2.60. The standard InChI is InChI=1S/C7H7N3O/c8-5-10-7(11)6-2-1-3-9-4-6/h3-4H,1-2H2,(H,10,11). The number of nitriles is 1. The largest absolute Gasteiger partial charge is 0.269 e. The average molecular weight is 149 g/mol. The Morgan fingerprint density at radius 2 is 2.64 bits per heavy atom. The van der Waals surface area contributed by atoms with Crippen LogP contribution in [-0.2, 0) is 4.79 Å². The zero-order valence-electron chi connectivity index (χ0n) is 5.87. The molecule has 0 bridgehead atoms. The average Bonchev–Trinajstić information content (AvgIpc) is 2.07. The fourth-order valence-corrected chi connectivity index (χ4v) is 0.805. The molecule has 11 heavy (non-hydrogen) atoms. The lowest BCUT2D eigenvalue weighted by Gasteiger charge is -2.03. The number of amides is 1. The van der Waals surface area contributed by atoms with Gasteiger partial charge in [0.15, 0.2) is 6.19 Å². The van der Waals surface area contributed by atoms with Crippen LogP contribution in [0.1, 0.15) is 12.8 Å². The fraction of sp³-hybridized carbons (Fsp3) is 0.286. The Kier molecular flexibility index (Phi) is 2.39. The van der Waals surface area contributed by atoms with Crippen molar-refractivity contribution in [3.05, 3.63) is 11.8 Å². The van der Waals surface area contributed by atoms with E-state index >= 15 is 0 Å². The molecule has 0 spiro atoms. The normalized spacial score (nSPS) is 15.0. The molecule has 1 rings (SSSR count). The van der Waals surface area contributed by atoms with Gasteiger partial charge in [0, 0.05) is 18.0 Å². The molecule has 0 saturated heterocycles. The van der Waals surface area contributed by atoms with E-state index in [4.69, 9.17) is 5.26 Å². The number of hydrogen-bond acceptors (Lipinski definition) is 3. The zero-order chi connectivity index (χ0) is 8.10. The molecule has 4 nitrogen and oxygen atoms in total.